The SMILES string of the molecule is OC(CNc1nnc(Cc2ccc(Cl)cc2)s1)c1ccncc1. The lowest BCUT2D eigenvalue weighted by Gasteiger charge is -2.10. The van der Waals surface area contributed by atoms with Gasteiger partial charge in [-0.1, -0.05) is 35.1 Å². The van der Waals surface area contributed by atoms with Crippen LogP contribution in [0, 0.1) is 0 Å². The summed E-state index contributed by atoms with van der Waals surface area (Å²) in [4.78, 5) is 3.93. The molecule has 0 saturated carbocycles. The van der Waals surface area contributed by atoms with E-state index in [0.29, 0.717) is 18.1 Å². The summed E-state index contributed by atoms with van der Waals surface area (Å²) in [7, 11) is 0. The molecule has 2 N–H and O–H groups in total. The lowest BCUT2D eigenvalue weighted by molar-refractivity contribution is 0.191. The number of halogens is 1. The molecule has 0 saturated heterocycles. The summed E-state index contributed by atoms with van der Waals surface area (Å²) in [6.45, 7) is 0.375. The van der Waals surface area contributed by atoms with Gasteiger partial charge in [-0.25, -0.2) is 0 Å². The van der Waals surface area contributed by atoms with Gasteiger partial charge < -0.3 is 10.4 Å². The van der Waals surface area contributed by atoms with Crippen LogP contribution in [0.1, 0.15) is 22.2 Å². The molecule has 0 fully saturated rings. The van der Waals surface area contributed by atoms with Gasteiger partial charge in [0.2, 0.25) is 5.13 Å². The number of rotatable bonds is 6. The zero-order valence-electron chi connectivity index (χ0n) is 12.2. The van der Waals surface area contributed by atoms with Crippen LogP contribution in [0.3, 0.4) is 0 Å². The van der Waals surface area contributed by atoms with Crippen molar-refractivity contribution in [3.8, 4) is 0 Å². The van der Waals surface area contributed by atoms with Crippen molar-refractivity contribution in [1.82, 2.24) is 15.2 Å². The highest BCUT2D eigenvalue weighted by Gasteiger charge is 2.09. The summed E-state index contributed by atoms with van der Waals surface area (Å²) in [5.74, 6) is 0. The van der Waals surface area contributed by atoms with E-state index in [4.69, 9.17) is 11.6 Å². The average molecular weight is 347 g/mol. The van der Waals surface area contributed by atoms with Crippen LogP contribution in [-0.4, -0.2) is 26.8 Å². The van der Waals surface area contributed by atoms with Crippen LogP contribution in [0.25, 0.3) is 0 Å². The Morgan fingerprint density at radius 2 is 1.83 bits per heavy atom. The van der Waals surface area contributed by atoms with Gasteiger partial charge in [0.15, 0.2) is 0 Å². The molecule has 0 aliphatic heterocycles. The summed E-state index contributed by atoms with van der Waals surface area (Å²) in [6.07, 6.45) is 3.42. The zero-order chi connectivity index (χ0) is 16.1. The number of hydrogen-bond donors (Lipinski definition) is 2. The fraction of sp³-hybridized carbons (Fsp3) is 0.188. The maximum atomic E-state index is 10.1. The molecule has 0 spiro atoms. The summed E-state index contributed by atoms with van der Waals surface area (Å²) < 4.78 is 0. The maximum Gasteiger partial charge on any atom is 0.205 e. The van der Waals surface area contributed by atoms with Crippen LogP contribution in [0.5, 0.6) is 0 Å². The molecule has 0 aliphatic carbocycles. The third-order valence-electron chi connectivity index (χ3n) is 3.27. The highest BCUT2D eigenvalue weighted by Crippen LogP contribution is 2.21. The number of aliphatic hydroxyl groups excluding tert-OH is 1. The first kappa shape index (κ1) is 15.9. The fourth-order valence-electron chi connectivity index (χ4n) is 2.06. The third kappa shape index (κ3) is 4.48. The minimum Gasteiger partial charge on any atom is -0.387 e. The van der Waals surface area contributed by atoms with E-state index in [1.54, 1.807) is 24.5 Å². The molecule has 1 aromatic carbocycles. The lowest BCUT2D eigenvalue weighted by Crippen LogP contribution is -2.11. The molecule has 0 bridgehead atoms. The normalized spacial score (nSPS) is 12.1. The Balaban J connectivity index is 1.56. The van der Waals surface area contributed by atoms with Crippen molar-refractivity contribution in [3.63, 3.8) is 0 Å². The van der Waals surface area contributed by atoms with Gasteiger partial charge in [0.05, 0.1) is 6.10 Å². The molecule has 5 nitrogen and oxygen atoms in total. The van der Waals surface area contributed by atoms with E-state index >= 15 is 0 Å². The Kier molecular flexibility index (Phi) is 5.17. The Bertz CT molecular complexity index is 748. The number of hydrogen-bond acceptors (Lipinski definition) is 6. The number of nitrogens with one attached hydrogen (secondary N) is 1. The topological polar surface area (TPSA) is 70.9 Å². The van der Waals surface area contributed by atoms with Crippen LogP contribution < -0.4 is 5.32 Å². The monoisotopic (exact) mass is 346 g/mol. The summed E-state index contributed by atoms with van der Waals surface area (Å²) >= 11 is 7.36. The fourth-order valence-corrected chi connectivity index (χ4v) is 2.97. The second-order valence-electron chi connectivity index (χ2n) is 4.98. The predicted octanol–water partition coefficient (Wildman–Crippen LogP) is 3.32. The largest absolute Gasteiger partial charge is 0.387 e. The average Bonchev–Trinajstić information content (AvgIpc) is 3.03. The molecule has 0 radical (unpaired) electrons. The van der Waals surface area contributed by atoms with Crippen molar-refractivity contribution >= 4 is 28.1 Å². The molecule has 1 atom stereocenters. The van der Waals surface area contributed by atoms with Crippen LogP contribution in [0.15, 0.2) is 48.8 Å². The molecule has 2 heterocycles. The van der Waals surface area contributed by atoms with Gasteiger partial charge in [-0.2, -0.15) is 0 Å². The lowest BCUT2D eigenvalue weighted by atomic mass is 10.1. The number of aliphatic hydroxyl groups is 1. The van der Waals surface area contributed by atoms with Gasteiger partial charge in [-0.15, -0.1) is 10.2 Å². The van der Waals surface area contributed by atoms with E-state index in [2.05, 4.69) is 20.5 Å². The van der Waals surface area contributed by atoms with Gasteiger partial charge in [-0.05, 0) is 35.4 Å². The number of benzene rings is 1. The van der Waals surface area contributed by atoms with Crippen molar-refractivity contribution in [2.45, 2.75) is 12.5 Å². The van der Waals surface area contributed by atoms with Gasteiger partial charge in [0.1, 0.15) is 5.01 Å². The quantitative estimate of drug-likeness (QED) is 0.716. The third-order valence-corrected chi connectivity index (χ3v) is 4.41. The summed E-state index contributed by atoms with van der Waals surface area (Å²) in [5, 5.41) is 23.8. The molecular formula is C16H15ClN4OS. The van der Waals surface area contributed by atoms with Crippen LogP contribution in [0.4, 0.5) is 5.13 Å². The summed E-state index contributed by atoms with van der Waals surface area (Å²) in [6, 6.07) is 11.3. The molecule has 0 amide bonds. The number of nitrogens with zero attached hydrogens (tertiary/aromatic N) is 3. The maximum absolute atomic E-state index is 10.1. The van der Waals surface area contributed by atoms with Crippen LogP contribution >= 0.6 is 22.9 Å². The van der Waals surface area contributed by atoms with Gasteiger partial charge >= 0.3 is 0 Å². The van der Waals surface area contributed by atoms with Crippen molar-refractivity contribution in [2.75, 3.05) is 11.9 Å². The second kappa shape index (κ2) is 7.50. The Morgan fingerprint density at radius 1 is 1.09 bits per heavy atom. The van der Waals surface area contributed by atoms with E-state index in [1.165, 1.54) is 11.3 Å². The van der Waals surface area contributed by atoms with E-state index in [1.807, 2.05) is 24.3 Å². The highest BCUT2D eigenvalue weighted by atomic mass is 35.5. The van der Waals surface area contributed by atoms with E-state index in [0.717, 1.165) is 21.2 Å². The molecule has 2 aromatic heterocycles. The van der Waals surface area contributed by atoms with Crippen LogP contribution in [0.2, 0.25) is 5.02 Å². The molecule has 3 rings (SSSR count). The number of anilines is 1. The molecule has 3 aromatic rings. The van der Waals surface area contributed by atoms with E-state index < -0.39 is 6.10 Å². The van der Waals surface area contributed by atoms with Crippen molar-refractivity contribution in [1.29, 1.82) is 0 Å². The molecule has 118 valence electrons. The van der Waals surface area contributed by atoms with Crippen molar-refractivity contribution < 1.29 is 5.11 Å². The minimum atomic E-state index is -0.610. The number of pyridine rings is 1. The number of aromatic nitrogens is 3. The Morgan fingerprint density at radius 3 is 2.57 bits per heavy atom. The summed E-state index contributed by atoms with van der Waals surface area (Å²) in [5.41, 5.74) is 1.95. The Hall–Kier alpha value is -2.02. The Labute approximate surface area is 143 Å². The smallest absolute Gasteiger partial charge is 0.205 e. The first-order chi connectivity index (χ1) is 11.2. The first-order valence-corrected chi connectivity index (χ1v) is 8.29. The first-order valence-electron chi connectivity index (χ1n) is 7.09. The zero-order valence-corrected chi connectivity index (χ0v) is 13.8. The van der Waals surface area contributed by atoms with Gasteiger partial charge in [0.25, 0.3) is 0 Å². The van der Waals surface area contributed by atoms with Crippen molar-refractivity contribution in [3.05, 3.63) is 69.9 Å². The molecule has 1 unspecified atom stereocenters. The van der Waals surface area contributed by atoms with Crippen LogP contribution in [-0.2, 0) is 6.42 Å². The molecule has 23 heavy (non-hydrogen) atoms. The molecule has 0 aliphatic rings. The highest BCUT2D eigenvalue weighted by molar-refractivity contribution is 7.15. The minimum absolute atomic E-state index is 0.375. The molecular weight excluding hydrogens is 332 g/mol. The second-order valence-corrected chi connectivity index (χ2v) is 6.48. The molecule has 7 heteroatoms. The van der Waals surface area contributed by atoms with Gasteiger partial charge in [-0.3, -0.25) is 4.98 Å². The predicted molar refractivity (Wildman–Crippen MR) is 91.9 cm³/mol. The van der Waals surface area contributed by atoms with Crippen molar-refractivity contribution in [2.24, 2.45) is 0 Å². The van der Waals surface area contributed by atoms with E-state index in [9.17, 15) is 5.11 Å². The standard InChI is InChI=1S/C16H15ClN4OS/c17-13-3-1-11(2-4-13)9-15-20-21-16(23-15)19-10-14(22)12-5-7-18-8-6-12/h1-8,14,22H,9-10H2,(H,19,21). The van der Waals surface area contributed by atoms with E-state index in [-0.39, 0.29) is 0 Å². The van der Waals surface area contributed by atoms with Gasteiger partial charge in [0, 0.05) is 30.4 Å².